The lowest BCUT2D eigenvalue weighted by Gasteiger charge is -1.98. The van der Waals surface area contributed by atoms with Gasteiger partial charge in [-0.05, 0) is 19.1 Å². The lowest BCUT2D eigenvalue weighted by atomic mass is 10.2. The second kappa shape index (κ2) is 5.04. The highest BCUT2D eigenvalue weighted by Gasteiger charge is 1.90. The quantitative estimate of drug-likeness (QED) is 0.463. The van der Waals surface area contributed by atoms with E-state index in [1.54, 1.807) is 0 Å². The molecule has 0 aromatic heterocycles. The van der Waals surface area contributed by atoms with E-state index in [9.17, 15) is 0 Å². The van der Waals surface area contributed by atoms with Crippen molar-refractivity contribution in [2.24, 2.45) is 0 Å². The van der Waals surface area contributed by atoms with Gasteiger partial charge in [0.25, 0.3) is 0 Å². The van der Waals surface area contributed by atoms with Crippen LogP contribution >= 0.6 is 34.4 Å². The van der Waals surface area contributed by atoms with Crippen molar-refractivity contribution in [3.05, 3.63) is 29.8 Å². The minimum atomic E-state index is 1.21. The summed E-state index contributed by atoms with van der Waals surface area (Å²) in [5, 5.41) is 0. The van der Waals surface area contributed by atoms with E-state index in [0.717, 1.165) is 0 Å². The van der Waals surface area contributed by atoms with E-state index in [1.165, 1.54) is 20.6 Å². The summed E-state index contributed by atoms with van der Waals surface area (Å²) in [4.78, 5) is 1.38. The molecule has 0 saturated heterocycles. The fraction of sp³-hybridized carbons (Fsp3) is 0.333. The van der Waals surface area contributed by atoms with Crippen LogP contribution in [0.3, 0.4) is 0 Å². The molecule has 0 spiro atoms. The molecule has 0 heterocycles. The van der Waals surface area contributed by atoms with Gasteiger partial charge in [0.15, 0.2) is 0 Å². The summed E-state index contributed by atoms with van der Waals surface area (Å²) in [7, 11) is 0. The second-order valence-corrected chi connectivity index (χ2v) is 4.60. The predicted octanol–water partition coefficient (Wildman–Crippen LogP) is 3.52. The summed E-state index contributed by atoms with van der Waals surface area (Å²) < 4.78 is 1.22. The maximum atomic E-state index is 2.40. The van der Waals surface area contributed by atoms with Crippen molar-refractivity contribution in [3.63, 3.8) is 0 Å². The van der Waals surface area contributed by atoms with E-state index in [-0.39, 0.29) is 0 Å². The zero-order valence-corrected chi connectivity index (χ0v) is 9.48. The first-order valence-corrected chi connectivity index (χ1v) is 6.09. The summed E-state index contributed by atoms with van der Waals surface area (Å²) in [6.07, 6.45) is 0. The summed E-state index contributed by atoms with van der Waals surface area (Å²) in [5.41, 5.74) is 1.34. The number of aryl methyl sites for hydroxylation is 1. The maximum Gasteiger partial charge on any atom is 0.00898 e. The summed E-state index contributed by atoms with van der Waals surface area (Å²) in [5.74, 6) is 1.21. The van der Waals surface area contributed by atoms with E-state index < -0.39 is 0 Å². The first kappa shape index (κ1) is 9.39. The van der Waals surface area contributed by atoms with Crippen LogP contribution in [0.5, 0.6) is 0 Å². The molecule has 0 atom stereocenters. The molecule has 0 unspecified atom stereocenters. The van der Waals surface area contributed by atoms with Crippen LogP contribution in [0, 0.1) is 6.92 Å². The number of halogens is 1. The molecule has 0 amide bonds. The zero-order chi connectivity index (χ0) is 8.10. The molecule has 0 N–H and O–H groups in total. The lowest BCUT2D eigenvalue weighted by molar-refractivity contribution is 1.37. The Morgan fingerprint density at radius 2 is 1.91 bits per heavy atom. The monoisotopic (exact) mass is 278 g/mol. The third-order valence-electron chi connectivity index (χ3n) is 1.37. The van der Waals surface area contributed by atoms with Crippen LogP contribution in [0.4, 0.5) is 0 Å². The number of benzene rings is 1. The number of hydrogen-bond donors (Lipinski definition) is 0. The maximum absolute atomic E-state index is 2.40. The Labute approximate surface area is 85.9 Å². The van der Waals surface area contributed by atoms with E-state index in [4.69, 9.17) is 0 Å². The lowest BCUT2D eigenvalue weighted by Crippen LogP contribution is -1.78. The number of hydrogen-bond acceptors (Lipinski definition) is 1. The zero-order valence-electron chi connectivity index (χ0n) is 6.51. The Kier molecular flexibility index (Phi) is 4.30. The van der Waals surface area contributed by atoms with E-state index in [2.05, 4.69) is 53.8 Å². The summed E-state index contributed by atoms with van der Waals surface area (Å²) in [6, 6.07) is 8.70. The fourth-order valence-corrected chi connectivity index (χ4v) is 2.09. The molecule has 0 saturated carbocycles. The van der Waals surface area contributed by atoms with Crippen LogP contribution < -0.4 is 0 Å². The molecule has 60 valence electrons. The normalized spacial score (nSPS) is 10.0. The van der Waals surface area contributed by atoms with Crippen molar-refractivity contribution in [2.45, 2.75) is 11.8 Å². The van der Waals surface area contributed by atoms with Gasteiger partial charge < -0.3 is 0 Å². The van der Waals surface area contributed by atoms with Gasteiger partial charge in [0.2, 0.25) is 0 Å². The van der Waals surface area contributed by atoms with Crippen LogP contribution in [-0.2, 0) is 0 Å². The molecule has 0 fully saturated rings. The van der Waals surface area contributed by atoms with Gasteiger partial charge in [-0.15, -0.1) is 11.8 Å². The molecule has 0 bridgehead atoms. The molecule has 0 radical (unpaired) electrons. The van der Waals surface area contributed by atoms with Crippen molar-refractivity contribution in [1.29, 1.82) is 0 Å². The van der Waals surface area contributed by atoms with Gasteiger partial charge in [-0.25, -0.2) is 0 Å². The van der Waals surface area contributed by atoms with Gasteiger partial charge in [0.05, 0.1) is 0 Å². The largest absolute Gasteiger partial charge is 0.125 e. The van der Waals surface area contributed by atoms with Crippen molar-refractivity contribution < 1.29 is 0 Å². The van der Waals surface area contributed by atoms with Crippen molar-refractivity contribution >= 4 is 34.4 Å². The molecule has 2 heteroatoms. The molecule has 11 heavy (non-hydrogen) atoms. The minimum Gasteiger partial charge on any atom is -0.125 e. The minimum absolute atomic E-state index is 1.21. The van der Waals surface area contributed by atoms with Gasteiger partial charge in [0, 0.05) is 15.1 Å². The fourth-order valence-electron chi connectivity index (χ4n) is 0.791. The highest BCUT2D eigenvalue weighted by Crippen LogP contribution is 2.18. The van der Waals surface area contributed by atoms with E-state index in [1.807, 2.05) is 11.8 Å². The van der Waals surface area contributed by atoms with Crippen LogP contribution in [-0.4, -0.2) is 10.2 Å². The first-order chi connectivity index (χ1) is 5.33. The molecule has 0 aliphatic heterocycles. The standard InChI is InChI=1S/C9H11IS/c1-8-2-4-9(5-3-8)11-7-6-10/h2-5H,6-7H2,1H3. The molecule has 0 aliphatic rings. The average Bonchev–Trinajstić information content (AvgIpc) is 2.04. The van der Waals surface area contributed by atoms with E-state index in [0.29, 0.717) is 0 Å². The highest BCUT2D eigenvalue weighted by molar-refractivity contribution is 14.1. The number of thioether (sulfide) groups is 1. The van der Waals surface area contributed by atoms with Gasteiger partial charge in [-0.2, -0.15) is 0 Å². The number of alkyl halides is 1. The highest BCUT2D eigenvalue weighted by atomic mass is 127. The third-order valence-corrected chi connectivity index (χ3v) is 3.65. The Balaban J connectivity index is 2.52. The van der Waals surface area contributed by atoms with Crippen LogP contribution in [0.2, 0.25) is 0 Å². The Morgan fingerprint density at radius 1 is 1.27 bits per heavy atom. The van der Waals surface area contributed by atoms with Crippen molar-refractivity contribution in [3.8, 4) is 0 Å². The molecular formula is C9H11IS. The van der Waals surface area contributed by atoms with Crippen LogP contribution in [0.25, 0.3) is 0 Å². The predicted molar refractivity (Wildman–Crippen MR) is 60.8 cm³/mol. The summed E-state index contributed by atoms with van der Waals surface area (Å²) in [6.45, 7) is 2.12. The molecule has 0 aliphatic carbocycles. The Hall–Kier alpha value is 0.300. The topological polar surface area (TPSA) is 0 Å². The Morgan fingerprint density at radius 3 is 2.45 bits per heavy atom. The average molecular weight is 278 g/mol. The number of rotatable bonds is 3. The van der Waals surface area contributed by atoms with Gasteiger partial charge in [0.1, 0.15) is 0 Å². The SMILES string of the molecule is Cc1ccc(SCCI)cc1. The second-order valence-electron chi connectivity index (χ2n) is 2.35. The molecular weight excluding hydrogens is 267 g/mol. The van der Waals surface area contributed by atoms with Gasteiger partial charge in [-0.3, -0.25) is 0 Å². The van der Waals surface area contributed by atoms with E-state index >= 15 is 0 Å². The molecule has 1 aromatic rings. The molecule has 0 nitrogen and oxygen atoms in total. The van der Waals surface area contributed by atoms with Gasteiger partial charge >= 0.3 is 0 Å². The third kappa shape index (κ3) is 3.47. The summed E-state index contributed by atoms with van der Waals surface area (Å²) >= 11 is 4.32. The van der Waals surface area contributed by atoms with Gasteiger partial charge in [-0.1, -0.05) is 40.3 Å². The van der Waals surface area contributed by atoms with Crippen LogP contribution in [0.1, 0.15) is 5.56 Å². The van der Waals surface area contributed by atoms with Crippen LogP contribution in [0.15, 0.2) is 29.2 Å². The Bertz CT molecular complexity index is 205. The smallest absolute Gasteiger partial charge is 0.00898 e. The van der Waals surface area contributed by atoms with Crippen molar-refractivity contribution in [2.75, 3.05) is 10.2 Å². The first-order valence-electron chi connectivity index (χ1n) is 3.58. The molecule has 1 rings (SSSR count). The molecule has 1 aromatic carbocycles. The van der Waals surface area contributed by atoms with Crippen molar-refractivity contribution in [1.82, 2.24) is 0 Å².